The van der Waals surface area contributed by atoms with Gasteiger partial charge in [-0.2, -0.15) is 10.5 Å². The van der Waals surface area contributed by atoms with E-state index in [2.05, 4.69) is 9.97 Å². The SMILES string of the molecule is Cc1ccc2c(C#N)ccc([O-])c2n1.Cc1ccc2c(C#N)ccc([O-])c2n1.[Zn+2]. The Morgan fingerprint density at radius 3 is 1.38 bits per heavy atom. The van der Waals surface area contributed by atoms with Gasteiger partial charge in [0, 0.05) is 22.2 Å². The van der Waals surface area contributed by atoms with Crippen molar-refractivity contribution >= 4 is 21.8 Å². The minimum Gasteiger partial charge on any atom is -0.871 e. The molecule has 0 N–H and O–H groups in total. The van der Waals surface area contributed by atoms with Crippen LogP contribution in [0.25, 0.3) is 21.8 Å². The average Bonchev–Trinajstić information content (AvgIpc) is 2.70. The first-order chi connectivity index (χ1) is 13.4. The van der Waals surface area contributed by atoms with E-state index in [1.54, 1.807) is 24.3 Å². The van der Waals surface area contributed by atoms with E-state index in [4.69, 9.17) is 10.5 Å². The fraction of sp³-hybridized carbons (Fsp3) is 0.0909. The van der Waals surface area contributed by atoms with Crippen molar-refractivity contribution in [3.63, 3.8) is 0 Å². The number of nitriles is 2. The normalized spacial score (nSPS) is 9.66. The molecular weight excluding hydrogens is 418 g/mol. The fourth-order valence-corrected chi connectivity index (χ4v) is 2.77. The number of hydrogen-bond donors (Lipinski definition) is 0. The Kier molecular flexibility index (Phi) is 6.83. The molecule has 2 heterocycles. The monoisotopic (exact) mass is 430 g/mol. The van der Waals surface area contributed by atoms with Crippen LogP contribution in [0, 0.1) is 36.5 Å². The maximum atomic E-state index is 11.4. The summed E-state index contributed by atoms with van der Waals surface area (Å²) in [5, 5.41) is 41.7. The number of fused-ring (bicyclic) bond motifs is 2. The maximum absolute atomic E-state index is 11.4. The third kappa shape index (κ3) is 4.48. The first kappa shape index (κ1) is 21.8. The van der Waals surface area contributed by atoms with Crippen molar-refractivity contribution < 1.29 is 29.7 Å². The van der Waals surface area contributed by atoms with Gasteiger partial charge in [0.15, 0.2) is 0 Å². The maximum Gasteiger partial charge on any atom is 2.00 e. The average molecular weight is 432 g/mol. The van der Waals surface area contributed by atoms with Crippen LogP contribution in [0.4, 0.5) is 0 Å². The summed E-state index contributed by atoms with van der Waals surface area (Å²) in [4.78, 5) is 8.24. The second-order valence-electron chi connectivity index (χ2n) is 6.14. The Morgan fingerprint density at radius 1 is 0.655 bits per heavy atom. The minimum atomic E-state index is -0.136. The molecule has 0 fully saturated rings. The molecule has 0 atom stereocenters. The van der Waals surface area contributed by atoms with Crippen molar-refractivity contribution in [2.75, 3.05) is 0 Å². The van der Waals surface area contributed by atoms with Crippen LogP contribution in [0.2, 0.25) is 0 Å². The van der Waals surface area contributed by atoms with E-state index in [1.165, 1.54) is 24.3 Å². The largest absolute Gasteiger partial charge is 2.00 e. The molecule has 2 aromatic heterocycles. The van der Waals surface area contributed by atoms with Crippen molar-refractivity contribution in [1.82, 2.24) is 9.97 Å². The quantitative estimate of drug-likeness (QED) is 0.395. The number of benzene rings is 2. The molecule has 29 heavy (non-hydrogen) atoms. The molecule has 0 aliphatic carbocycles. The van der Waals surface area contributed by atoms with E-state index in [0.29, 0.717) is 32.9 Å². The van der Waals surface area contributed by atoms with E-state index in [0.717, 1.165) is 11.4 Å². The van der Waals surface area contributed by atoms with E-state index < -0.39 is 0 Å². The first-order valence-corrected chi connectivity index (χ1v) is 8.39. The molecule has 0 saturated heterocycles. The molecule has 4 rings (SSSR count). The first-order valence-electron chi connectivity index (χ1n) is 8.39. The fourth-order valence-electron chi connectivity index (χ4n) is 2.77. The summed E-state index contributed by atoms with van der Waals surface area (Å²) in [5.74, 6) is -0.273. The van der Waals surface area contributed by atoms with Crippen LogP contribution in [0.3, 0.4) is 0 Å². The number of rotatable bonds is 0. The summed E-state index contributed by atoms with van der Waals surface area (Å²) < 4.78 is 0. The summed E-state index contributed by atoms with van der Waals surface area (Å²) in [5.41, 5.74) is 3.31. The van der Waals surface area contributed by atoms with E-state index >= 15 is 0 Å². The van der Waals surface area contributed by atoms with Gasteiger partial charge in [-0.3, -0.25) is 9.97 Å². The van der Waals surface area contributed by atoms with Crippen molar-refractivity contribution in [1.29, 1.82) is 10.5 Å². The van der Waals surface area contributed by atoms with Gasteiger partial charge < -0.3 is 10.2 Å². The van der Waals surface area contributed by atoms with Gasteiger partial charge >= 0.3 is 19.5 Å². The molecule has 0 radical (unpaired) electrons. The molecule has 0 unspecified atom stereocenters. The Labute approximate surface area is 180 Å². The zero-order valence-corrected chi connectivity index (χ0v) is 18.9. The van der Waals surface area contributed by atoms with E-state index in [9.17, 15) is 10.2 Å². The van der Waals surface area contributed by atoms with Gasteiger partial charge in [0.25, 0.3) is 0 Å². The smallest absolute Gasteiger partial charge is 0.871 e. The second-order valence-corrected chi connectivity index (χ2v) is 6.14. The third-order valence-corrected chi connectivity index (χ3v) is 4.16. The van der Waals surface area contributed by atoms with Gasteiger partial charge in [0.2, 0.25) is 0 Å². The number of pyridine rings is 2. The summed E-state index contributed by atoms with van der Waals surface area (Å²) in [6, 6.07) is 17.0. The summed E-state index contributed by atoms with van der Waals surface area (Å²) in [7, 11) is 0. The number of aromatic nitrogens is 2. The van der Waals surface area contributed by atoms with Crippen LogP contribution in [0.15, 0.2) is 48.5 Å². The molecule has 136 valence electrons. The van der Waals surface area contributed by atoms with Crippen LogP contribution < -0.4 is 10.2 Å². The van der Waals surface area contributed by atoms with Crippen molar-refractivity contribution in [3.05, 3.63) is 71.0 Å². The van der Waals surface area contributed by atoms with Crippen LogP contribution in [-0.2, 0) is 19.5 Å². The van der Waals surface area contributed by atoms with Gasteiger partial charge in [0.1, 0.15) is 0 Å². The van der Waals surface area contributed by atoms with Gasteiger partial charge in [-0.25, -0.2) is 0 Å². The number of aryl methyl sites for hydroxylation is 2. The van der Waals surface area contributed by atoms with E-state index in [-0.39, 0.29) is 31.0 Å². The molecule has 2 aromatic carbocycles. The standard InChI is InChI=1S/2C11H8N2O.Zn/c2*1-7-2-4-9-8(6-12)3-5-10(14)11(9)13-7;/h2*2-5,14H,1H3;/q;;+2/p-2. The summed E-state index contributed by atoms with van der Waals surface area (Å²) in [6.45, 7) is 3.63. The Bertz CT molecular complexity index is 1190. The summed E-state index contributed by atoms with van der Waals surface area (Å²) >= 11 is 0. The molecule has 0 bridgehead atoms. The number of hydrogen-bond acceptors (Lipinski definition) is 6. The van der Waals surface area contributed by atoms with Gasteiger partial charge in [-0.15, -0.1) is 0 Å². The van der Waals surface area contributed by atoms with Crippen LogP contribution >= 0.6 is 0 Å². The Balaban J connectivity index is 0.000000200. The zero-order chi connectivity index (χ0) is 20.3. The summed E-state index contributed by atoms with van der Waals surface area (Å²) in [6.07, 6.45) is 0. The zero-order valence-electron chi connectivity index (χ0n) is 15.9. The van der Waals surface area contributed by atoms with Crippen LogP contribution in [-0.4, -0.2) is 9.97 Å². The topological polar surface area (TPSA) is 119 Å². The van der Waals surface area contributed by atoms with Crippen LogP contribution in [0.1, 0.15) is 22.5 Å². The third-order valence-electron chi connectivity index (χ3n) is 4.16. The molecule has 0 saturated carbocycles. The van der Waals surface area contributed by atoms with Gasteiger partial charge in [-0.05, 0) is 50.2 Å². The van der Waals surface area contributed by atoms with Crippen LogP contribution in [0.5, 0.6) is 11.5 Å². The van der Waals surface area contributed by atoms with Gasteiger partial charge in [0.05, 0.1) is 34.3 Å². The van der Waals surface area contributed by atoms with Gasteiger partial charge in [-0.1, -0.05) is 23.6 Å². The number of nitrogens with zero attached hydrogens (tertiary/aromatic N) is 4. The predicted octanol–water partition coefficient (Wildman–Crippen LogP) is 2.97. The Hall–Kier alpha value is -3.54. The molecule has 0 aliphatic heterocycles. The minimum absolute atomic E-state index is 0. The molecule has 0 amide bonds. The Morgan fingerprint density at radius 2 is 1.03 bits per heavy atom. The second kappa shape index (κ2) is 9.10. The van der Waals surface area contributed by atoms with Crippen molar-refractivity contribution in [3.8, 4) is 23.6 Å². The van der Waals surface area contributed by atoms with Crippen molar-refractivity contribution in [2.24, 2.45) is 0 Å². The molecular formula is C22H14N4O2Zn. The molecule has 0 spiro atoms. The molecule has 4 aromatic rings. The molecule has 0 aliphatic rings. The molecule has 6 nitrogen and oxygen atoms in total. The predicted molar refractivity (Wildman–Crippen MR) is 101 cm³/mol. The van der Waals surface area contributed by atoms with Crippen molar-refractivity contribution in [2.45, 2.75) is 13.8 Å². The molecule has 7 heteroatoms. The van der Waals surface area contributed by atoms with E-state index in [1.807, 2.05) is 26.0 Å².